The van der Waals surface area contributed by atoms with Gasteiger partial charge < -0.3 is 4.42 Å². The van der Waals surface area contributed by atoms with Crippen LogP contribution in [0.5, 0.6) is 0 Å². The van der Waals surface area contributed by atoms with Gasteiger partial charge in [-0.1, -0.05) is 19.1 Å². The third-order valence-electron chi connectivity index (χ3n) is 2.44. The Bertz CT molecular complexity index is 523. The van der Waals surface area contributed by atoms with E-state index in [0.717, 1.165) is 17.7 Å². The van der Waals surface area contributed by atoms with Crippen LogP contribution in [0.25, 0.3) is 11.0 Å². The van der Waals surface area contributed by atoms with Crippen molar-refractivity contribution >= 4 is 11.0 Å². The maximum atomic E-state index is 11.8. The summed E-state index contributed by atoms with van der Waals surface area (Å²) in [5.41, 5.74) is 1.50. The molecular formula is C12H12O2. The molecule has 2 rings (SSSR count). The summed E-state index contributed by atoms with van der Waals surface area (Å²) in [6.07, 6.45) is 0.756. The molecule has 0 saturated heterocycles. The highest BCUT2D eigenvalue weighted by molar-refractivity contribution is 5.76. The van der Waals surface area contributed by atoms with E-state index >= 15 is 0 Å². The van der Waals surface area contributed by atoms with E-state index in [4.69, 9.17) is 4.42 Å². The molecule has 2 nitrogen and oxygen atoms in total. The minimum Gasteiger partial charge on any atom is -0.461 e. The minimum atomic E-state index is 0.0868. The van der Waals surface area contributed by atoms with E-state index in [2.05, 4.69) is 0 Å². The van der Waals surface area contributed by atoms with Crippen LogP contribution in [0.2, 0.25) is 0 Å². The van der Waals surface area contributed by atoms with Crippen LogP contribution in [0.4, 0.5) is 0 Å². The number of aryl methyl sites for hydroxylation is 1. The molecule has 0 radical (unpaired) electrons. The Labute approximate surface area is 82.2 Å². The molecule has 2 aromatic rings. The molecular weight excluding hydrogens is 176 g/mol. The van der Waals surface area contributed by atoms with E-state index in [1.54, 1.807) is 6.07 Å². The second-order valence-electron chi connectivity index (χ2n) is 3.33. The topological polar surface area (TPSA) is 30.2 Å². The predicted molar refractivity (Wildman–Crippen MR) is 56.6 cm³/mol. The average molecular weight is 188 g/mol. The first-order valence-electron chi connectivity index (χ1n) is 4.75. The molecule has 2 heteroatoms. The van der Waals surface area contributed by atoms with Crippen molar-refractivity contribution < 1.29 is 4.42 Å². The highest BCUT2D eigenvalue weighted by Crippen LogP contribution is 2.14. The Kier molecular flexibility index (Phi) is 2.12. The molecule has 0 bridgehead atoms. The van der Waals surface area contributed by atoms with Gasteiger partial charge in [0.2, 0.25) is 0 Å². The second kappa shape index (κ2) is 3.29. The summed E-state index contributed by atoms with van der Waals surface area (Å²) in [4.78, 5) is 11.8. The molecule has 1 aromatic carbocycles. The molecule has 0 aliphatic carbocycles. The number of rotatable bonds is 1. The molecule has 0 amide bonds. The van der Waals surface area contributed by atoms with Crippen LogP contribution < -0.4 is 5.43 Å². The first kappa shape index (κ1) is 9.00. The van der Waals surface area contributed by atoms with Gasteiger partial charge in [-0.2, -0.15) is 0 Å². The van der Waals surface area contributed by atoms with Gasteiger partial charge in [-0.05, 0) is 19.1 Å². The lowest BCUT2D eigenvalue weighted by atomic mass is 10.1. The molecule has 72 valence electrons. The number of hydrogen-bond donors (Lipinski definition) is 0. The molecule has 0 spiro atoms. The zero-order valence-corrected chi connectivity index (χ0v) is 8.33. The van der Waals surface area contributed by atoms with Gasteiger partial charge in [-0.25, -0.2) is 0 Å². The fraction of sp³-hybridized carbons (Fsp3) is 0.250. The normalized spacial score (nSPS) is 10.7. The van der Waals surface area contributed by atoms with Crippen molar-refractivity contribution in [2.75, 3.05) is 0 Å². The molecule has 14 heavy (non-hydrogen) atoms. The third-order valence-corrected chi connectivity index (χ3v) is 2.44. The van der Waals surface area contributed by atoms with Gasteiger partial charge >= 0.3 is 0 Å². The Balaban J connectivity index is 2.92. The van der Waals surface area contributed by atoms with Crippen molar-refractivity contribution in [2.24, 2.45) is 0 Å². The van der Waals surface area contributed by atoms with Crippen LogP contribution in [0, 0.1) is 6.92 Å². The summed E-state index contributed by atoms with van der Waals surface area (Å²) in [5.74, 6) is 0.786. The fourth-order valence-corrected chi connectivity index (χ4v) is 1.62. The van der Waals surface area contributed by atoms with Crippen LogP contribution in [0.15, 0.2) is 33.5 Å². The van der Waals surface area contributed by atoms with Crippen molar-refractivity contribution in [3.05, 3.63) is 45.8 Å². The zero-order chi connectivity index (χ0) is 10.1. The monoisotopic (exact) mass is 188 g/mol. The van der Waals surface area contributed by atoms with Gasteiger partial charge in [-0.15, -0.1) is 0 Å². The highest BCUT2D eigenvalue weighted by atomic mass is 16.3. The number of fused-ring (bicyclic) bond motifs is 1. The highest BCUT2D eigenvalue weighted by Gasteiger charge is 2.07. The molecule has 0 aliphatic heterocycles. The summed E-state index contributed by atoms with van der Waals surface area (Å²) in [6, 6.07) is 7.35. The molecule has 0 N–H and O–H groups in total. The Morgan fingerprint density at radius 1 is 1.29 bits per heavy atom. The maximum Gasteiger partial charge on any atom is 0.195 e. The Hall–Kier alpha value is -1.57. The molecule has 0 atom stereocenters. The van der Waals surface area contributed by atoms with Crippen molar-refractivity contribution in [1.82, 2.24) is 0 Å². The van der Waals surface area contributed by atoms with Crippen LogP contribution in [0.3, 0.4) is 0 Å². The SMILES string of the molecule is CCc1oc2ccccc2c(=O)c1C. The predicted octanol–water partition coefficient (Wildman–Crippen LogP) is 2.66. The first-order chi connectivity index (χ1) is 6.74. The summed E-state index contributed by atoms with van der Waals surface area (Å²) in [7, 11) is 0. The summed E-state index contributed by atoms with van der Waals surface area (Å²) < 4.78 is 5.62. The van der Waals surface area contributed by atoms with Crippen LogP contribution in [0.1, 0.15) is 18.2 Å². The van der Waals surface area contributed by atoms with E-state index in [0.29, 0.717) is 11.0 Å². The van der Waals surface area contributed by atoms with Crippen LogP contribution >= 0.6 is 0 Å². The average Bonchev–Trinajstić information content (AvgIpc) is 2.23. The quantitative estimate of drug-likeness (QED) is 0.688. The standard InChI is InChI=1S/C12H12O2/c1-3-10-8(2)12(13)9-6-4-5-7-11(9)14-10/h4-7H,3H2,1-2H3. The van der Waals surface area contributed by atoms with Gasteiger partial charge in [0.05, 0.1) is 5.39 Å². The van der Waals surface area contributed by atoms with Crippen molar-refractivity contribution in [3.8, 4) is 0 Å². The number of benzene rings is 1. The number of hydrogen-bond acceptors (Lipinski definition) is 2. The third kappa shape index (κ3) is 1.23. The van der Waals surface area contributed by atoms with E-state index in [1.165, 1.54) is 0 Å². The molecule has 0 unspecified atom stereocenters. The van der Waals surface area contributed by atoms with Crippen molar-refractivity contribution in [2.45, 2.75) is 20.3 Å². The first-order valence-corrected chi connectivity index (χ1v) is 4.75. The summed E-state index contributed by atoms with van der Waals surface area (Å²) >= 11 is 0. The van der Waals surface area contributed by atoms with Crippen LogP contribution in [-0.4, -0.2) is 0 Å². The largest absolute Gasteiger partial charge is 0.461 e. The Morgan fingerprint density at radius 2 is 2.00 bits per heavy atom. The lowest BCUT2D eigenvalue weighted by Crippen LogP contribution is -2.08. The zero-order valence-electron chi connectivity index (χ0n) is 8.33. The smallest absolute Gasteiger partial charge is 0.195 e. The van der Waals surface area contributed by atoms with Crippen LogP contribution in [-0.2, 0) is 6.42 Å². The van der Waals surface area contributed by atoms with Crippen molar-refractivity contribution in [3.63, 3.8) is 0 Å². The van der Waals surface area contributed by atoms with Gasteiger partial charge in [0, 0.05) is 12.0 Å². The van der Waals surface area contributed by atoms with Crippen molar-refractivity contribution in [1.29, 1.82) is 0 Å². The molecule has 0 saturated carbocycles. The fourth-order valence-electron chi connectivity index (χ4n) is 1.62. The van der Waals surface area contributed by atoms with E-state index < -0.39 is 0 Å². The minimum absolute atomic E-state index is 0.0868. The molecule has 0 aliphatic rings. The van der Waals surface area contributed by atoms with Gasteiger partial charge in [-0.3, -0.25) is 4.79 Å². The lowest BCUT2D eigenvalue weighted by Gasteiger charge is -2.03. The Morgan fingerprint density at radius 3 is 2.71 bits per heavy atom. The summed E-state index contributed by atoms with van der Waals surface area (Å²) in [5, 5.41) is 0.669. The van der Waals surface area contributed by atoms with E-state index in [-0.39, 0.29) is 5.43 Å². The van der Waals surface area contributed by atoms with Gasteiger partial charge in [0.15, 0.2) is 5.43 Å². The van der Waals surface area contributed by atoms with E-state index in [1.807, 2.05) is 32.0 Å². The van der Waals surface area contributed by atoms with Gasteiger partial charge in [0.1, 0.15) is 11.3 Å². The molecule has 0 fully saturated rings. The second-order valence-corrected chi connectivity index (χ2v) is 3.33. The van der Waals surface area contributed by atoms with Gasteiger partial charge in [0.25, 0.3) is 0 Å². The lowest BCUT2D eigenvalue weighted by molar-refractivity contribution is 0.537. The molecule has 1 aromatic heterocycles. The molecule has 1 heterocycles. The summed E-state index contributed by atoms with van der Waals surface area (Å²) in [6.45, 7) is 3.80. The number of para-hydroxylation sites is 1. The van der Waals surface area contributed by atoms with E-state index in [9.17, 15) is 4.79 Å². The maximum absolute atomic E-state index is 11.8.